The number of anilines is 1. The van der Waals surface area contributed by atoms with Gasteiger partial charge in [0.25, 0.3) is 0 Å². The minimum absolute atomic E-state index is 0.279. The van der Waals surface area contributed by atoms with E-state index in [0.717, 1.165) is 5.56 Å². The Bertz CT molecular complexity index is 665. The summed E-state index contributed by atoms with van der Waals surface area (Å²) < 4.78 is 0. The van der Waals surface area contributed by atoms with Crippen LogP contribution in [0.15, 0.2) is 36.4 Å². The lowest BCUT2D eigenvalue weighted by Gasteiger charge is -2.06. The summed E-state index contributed by atoms with van der Waals surface area (Å²) >= 11 is 5.81. The highest BCUT2D eigenvalue weighted by atomic mass is 35.5. The van der Waals surface area contributed by atoms with Gasteiger partial charge in [0.15, 0.2) is 0 Å². The number of pyridine rings is 1. The smallest absolute Gasteiger partial charge is 0.132 e. The number of nitrogens with one attached hydrogen (secondary N) is 1. The molecule has 0 amide bonds. The van der Waals surface area contributed by atoms with Crippen LogP contribution >= 0.6 is 11.6 Å². The first-order valence-electron chi connectivity index (χ1n) is 5.52. The largest absolute Gasteiger partial charge is 0.366 e. The average molecular weight is 269 g/mol. The lowest BCUT2D eigenvalue weighted by atomic mass is 10.1. The summed E-state index contributed by atoms with van der Waals surface area (Å²) in [5.74, 6) is 0.549. The molecule has 2 aromatic rings. The molecular formula is C14H9ClN4. The summed E-state index contributed by atoms with van der Waals surface area (Å²) in [6.07, 6.45) is 0. The molecule has 0 radical (unpaired) electrons. The predicted molar refractivity (Wildman–Crippen MR) is 72.4 cm³/mol. The van der Waals surface area contributed by atoms with Crippen LogP contribution < -0.4 is 5.32 Å². The molecule has 0 unspecified atom stereocenters. The molecule has 0 aliphatic carbocycles. The number of hydrogen-bond acceptors (Lipinski definition) is 4. The van der Waals surface area contributed by atoms with E-state index in [2.05, 4.69) is 16.4 Å². The van der Waals surface area contributed by atoms with E-state index in [1.54, 1.807) is 18.2 Å². The SMILES string of the molecule is N#Cc1ccc(CNc2cc(C#N)cc(Cl)n2)cc1. The number of benzene rings is 1. The molecule has 1 aromatic carbocycles. The maximum Gasteiger partial charge on any atom is 0.132 e. The maximum atomic E-state index is 8.83. The van der Waals surface area contributed by atoms with Gasteiger partial charge in [-0.25, -0.2) is 4.98 Å². The molecule has 4 nitrogen and oxygen atoms in total. The molecule has 1 N–H and O–H groups in total. The molecule has 0 saturated carbocycles. The van der Waals surface area contributed by atoms with Crippen LogP contribution in [0, 0.1) is 22.7 Å². The Balaban J connectivity index is 2.08. The zero-order chi connectivity index (χ0) is 13.7. The highest BCUT2D eigenvalue weighted by Gasteiger charge is 2.01. The molecule has 0 aliphatic rings. The monoisotopic (exact) mass is 268 g/mol. The molecule has 19 heavy (non-hydrogen) atoms. The predicted octanol–water partition coefficient (Wildman–Crippen LogP) is 3.09. The summed E-state index contributed by atoms with van der Waals surface area (Å²) in [6, 6.07) is 14.5. The van der Waals surface area contributed by atoms with Crippen molar-refractivity contribution in [1.29, 1.82) is 10.5 Å². The molecule has 1 aromatic heterocycles. The Hall–Kier alpha value is -2.56. The molecule has 0 atom stereocenters. The van der Waals surface area contributed by atoms with Crippen LogP contribution in [0.4, 0.5) is 5.82 Å². The third-order valence-corrected chi connectivity index (χ3v) is 2.67. The number of halogens is 1. The topological polar surface area (TPSA) is 72.5 Å². The van der Waals surface area contributed by atoms with E-state index in [1.165, 1.54) is 6.07 Å². The van der Waals surface area contributed by atoms with Crippen LogP contribution in [-0.2, 0) is 6.54 Å². The Kier molecular flexibility index (Phi) is 3.97. The number of nitrogens with zero attached hydrogens (tertiary/aromatic N) is 3. The van der Waals surface area contributed by atoms with Crippen molar-refractivity contribution in [2.45, 2.75) is 6.54 Å². The van der Waals surface area contributed by atoms with E-state index in [0.29, 0.717) is 23.5 Å². The first-order chi connectivity index (χ1) is 9.21. The Morgan fingerprint density at radius 3 is 2.37 bits per heavy atom. The van der Waals surface area contributed by atoms with Crippen molar-refractivity contribution in [3.05, 3.63) is 58.2 Å². The van der Waals surface area contributed by atoms with Crippen LogP contribution in [0.5, 0.6) is 0 Å². The number of hydrogen-bond donors (Lipinski definition) is 1. The zero-order valence-corrected chi connectivity index (χ0v) is 10.6. The van der Waals surface area contributed by atoms with E-state index in [1.807, 2.05) is 18.2 Å². The van der Waals surface area contributed by atoms with Gasteiger partial charge in [0, 0.05) is 6.54 Å². The Labute approximate surface area is 115 Å². The number of aromatic nitrogens is 1. The average Bonchev–Trinajstić information content (AvgIpc) is 2.45. The molecule has 5 heteroatoms. The molecule has 0 fully saturated rings. The van der Waals surface area contributed by atoms with Crippen molar-refractivity contribution in [1.82, 2.24) is 4.98 Å². The molecular weight excluding hydrogens is 260 g/mol. The minimum atomic E-state index is 0.279. The van der Waals surface area contributed by atoms with Gasteiger partial charge in [0.05, 0.1) is 23.3 Å². The second-order valence-corrected chi connectivity index (χ2v) is 4.23. The van der Waals surface area contributed by atoms with Crippen molar-refractivity contribution in [2.24, 2.45) is 0 Å². The maximum absolute atomic E-state index is 8.83. The molecule has 0 aliphatic heterocycles. The standard InChI is InChI=1S/C14H9ClN4/c15-13-5-12(8-17)6-14(19-13)18-9-11-3-1-10(7-16)2-4-11/h1-6H,9H2,(H,18,19). The van der Waals surface area contributed by atoms with Crippen LogP contribution in [0.25, 0.3) is 0 Å². The van der Waals surface area contributed by atoms with E-state index < -0.39 is 0 Å². The lowest BCUT2D eigenvalue weighted by molar-refractivity contribution is 1.11. The van der Waals surface area contributed by atoms with E-state index in [4.69, 9.17) is 22.1 Å². The van der Waals surface area contributed by atoms with Crippen molar-refractivity contribution >= 4 is 17.4 Å². The summed E-state index contributed by atoms with van der Waals surface area (Å²) in [5, 5.41) is 20.9. The van der Waals surface area contributed by atoms with Gasteiger partial charge in [-0.1, -0.05) is 23.7 Å². The van der Waals surface area contributed by atoms with E-state index in [9.17, 15) is 0 Å². The Morgan fingerprint density at radius 2 is 1.74 bits per heavy atom. The lowest BCUT2D eigenvalue weighted by Crippen LogP contribution is -2.01. The first-order valence-corrected chi connectivity index (χ1v) is 5.89. The second-order valence-electron chi connectivity index (χ2n) is 3.84. The molecule has 0 bridgehead atoms. The third kappa shape index (κ3) is 3.45. The normalized spacial score (nSPS) is 9.42. The molecule has 0 spiro atoms. The van der Waals surface area contributed by atoms with Crippen molar-refractivity contribution in [3.8, 4) is 12.1 Å². The zero-order valence-electron chi connectivity index (χ0n) is 9.89. The highest BCUT2D eigenvalue weighted by Crippen LogP contribution is 2.14. The van der Waals surface area contributed by atoms with Gasteiger partial charge in [0.1, 0.15) is 11.0 Å². The first kappa shape index (κ1) is 12.9. The van der Waals surface area contributed by atoms with Gasteiger partial charge in [-0.15, -0.1) is 0 Å². The summed E-state index contributed by atoms with van der Waals surface area (Å²) in [7, 11) is 0. The fraction of sp³-hybridized carbons (Fsp3) is 0.0714. The minimum Gasteiger partial charge on any atom is -0.366 e. The Morgan fingerprint density at radius 1 is 1.05 bits per heavy atom. The summed E-state index contributed by atoms with van der Waals surface area (Å²) in [5.41, 5.74) is 2.10. The van der Waals surface area contributed by atoms with Crippen LogP contribution in [0.1, 0.15) is 16.7 Å². The van der Waals surface area contributed by atoms with Crippen molar-refractivity contribution in [3.63, 3.8) is 0 Å². The fourth-order valence-electron chi connectivity index (χ4n) is 1.54. The summed E-state index contributed by atoms with van der Waals surface area (Å²) in [6.45, 7) is 0.546. The fourth-order valence-corrected chi connectivity index (χ4v) is 1.75. The quantitative estimate of drug-likeness (QED) is 0.868. The van der Waals surface area contributed by atoms with E-state index in [-0.39, 0.29) is 5.15 Å². The highest BCUT2D eigenvalue weighted by molar-refractivity contribution is 6.29. The van der Waals surface area contributed by atoms with Gasteiger partial charge in [-0.3, -0.25) is 0 Å². The van der Waals surface area contributed by atoms with Crippen LogP contribution in [0.3, 0.4) is 0 Å². The number of rotatable bonds is 3. The third-order valence-electron chi connectivity index (χ3n) is 2.48. The van der Waals surface area contributed by atoms with Gasteiger partial charge in [0.2, 0.25) is 0 Å². The second kappa shape index (κ2) is 5.86. The van der Waals surface area contributed by atoms with Crippen molar-refractivity contribution in [2.75, 3.05) is 5.32 Å². The van der Waals surface area contributed by atoms with Crippen molar-refractivity contribution < 1.29 is 0 Å². The molecule has 1 heterocycles. The molecule has 92 valence electrons. The van der Waals surface area contributed by atoms with Crippen LogP contribution in [-0.4, -0.2) is 4.98 Å². The van der Waals surface area contributed by atoms with Gasteiger partial charge in [-0.2, -0.15) is 10.5 Å². The number of nitriles is 2. The summed E-state index contributed by atoms with van der Waals surface area (Å²) in [4.78, 5) is 4.08. The van der Waals surface area contributed by atoms with Gasteiger partial charge >= 0.3 is 0 Å². The molecule has 0 saturated heterocycles. The van der Waals surface area contributed by atoms with Crippen LogP contribution in [0.2, 0.25) is 5.15 Å². The van der Waals surface area contributed by atoms with Gasteiger partial charge < -0.3 is 5.32 Å². The molecule has 2 rings (SSSR count). The van der Waals surface area contributed by atoms with E-state index >= 15 is 0 Å². The van der Waals surface area contributed by atoms with Gasteiger partial charge in [-0.05, 0) is 29.8 Å².